The highest BCUT2D eigenvalue weighted by Gasteiger charge is 2.19. The minimum absolute atomic E-state index is 0.0681. The molecule has 0 fully saturated rings. The Labute approximate surface area is 487 Å². The summed E-state index contributed by atoms with van der Waals surface area (Å²) in [6, 6.07) is 0. The maximum atomic E-state index is 12.9. The second-order valence-corrected chi connectivity index (χ2v) is 24.2. The predicted octanol–water partition coefficient (Wildman–Crippen LogP) is 24.2. The highest BCUT2D eigenvalue weighted by atomic mass is 16.6. The van der Waals surface area contributed by atoms with Gasteiger partial charge in [-0.1, -0.05) is 353 Å². The molecular weight excluding hydrogens is 961 g/mol. The minimum Gasteiger partial charge on any atom is -0.462 e. The molecule has 0 saturated heterocycles. The Morgan fingerprint density at radius 1 is 0.256 bits per heavy atom. The molecule has 78 heavy (non-hydrogen) atoms. The molecule has 0 N–H and O–H groups in total. The predicted molar refractivity (Wildman–Crippen MR) is 340 cm³/mol. The lowest BCUT2D eigenvalue weighted by atomic mass is 10.0. The number of allylic oxidation sites excluding steroid dienone is 4. The molecule has 0 aromatic rings. The van der Waals surface area contributed by atoms with Crippen LogP contribution in [0.1, 0.15) is 400 Å². The summed E-state index contributed by atoms with van der Waals surface area (Å²) in [5.41, 5.74) is 0. The molecule has 0 aromatic carbocycles. The molecule has 1 unspecified atom stereocenters. The molecule has 0 radical (unpaired) electrons. The van der Waals surface area contributed by atoms with Crippen molar-refractivity contribution in [3.63, 3.8) is 0 Å². The highest BCUT2D eigenvalue weighted by Crippen LogP contribution is 2.19. The molecule has 0 aromatic heterocycles. The van der Waals surface area contributed by atoms with Crippen LogP contribution in [0.2, 0.25) is 0 Å². The first-order valence-electron chi connectivity index (χ1n) is 35.3. The smallest absolute Gasteiger partial charge is 0.306 e. The van der Waals surface area contributed by atoms with Crippen LogP contribution < -0.4 is 0 Å². The average Bonchev–Trinajstić information content (AvgIpc) is 3.44. The molecule has 0 aliphatic heterocycles. The first-order chi connectivity index (χ1) is 38.5. The van der Waals surface area contributed by atoms with Gasteiger partial charge in [0, 0.05) is 19.3 Å². The van der Waals surface area contributed by atoms with Crippen molar-refractivity contribution in [2.45, 2.75) is 406 Å². The third-order valence-electron chi connectivity index (χ3n) is 16.2. The fourth-order valence-electron chi connectivity index (χ4n) is 10.9. The lowest BCUT2D eigenvalue weighted by Gasteiger charge is -2.18. The number of unbranched alkanes of at least 4 members (excludes halogenated alkanes) is 51. The topological polar surface area (TPSA) is 78.9 Å². The van der Waals surface area contributed by atoms with E-state index in [9.17, 15) is 14.4 Å². The van der Waals surface area contributed by atoms with Gasteiger partial charge in [0.05, 0.1) is 0 Å². The molecule has 1 atom stereocenters. The van der Waals surface area contributed by atoms with Gasteiger partial charge in [-0.25, -0.2) is 0 Å². The third kappa shape index (κ3) is 64.7. The fraction of sp³-hybridized carbons (Fsp3) is 0.903. The van der Waals surface area contributed by atoms with Gasteiger partial charge >= 0.3 is 17.9 Å². The van der Waals surface area contributed by atoms with Crippen LogP contribution in [0.15, 0.2) is 24.3 Å². The first kappa shape index (κ1) is 75.9. The van der Waals surface area contributed by atoms with Gasteiger partial charge < -0.3 is 14.2 Å². The van der Waals surface area contributed by atoms with E-state index in [1.807, 2.05) is 0 Å². The number of esters is 3. The summed E-state index contributed by atoms with van der Waals surface area (Å²) in [6.07, 6.45) is 82.1. The first-order valence-corrected chi connectivity index (χ1v) is 35.3. The van der Waals surface area contributed by atoms with E-state index in [0.29, 0.717) is 19.3 Å². The van der Waals surface area contributed by atoms with Crippen LogP contribution in [0.3, 0.4) is 0 Å². The van der Waals surface area contributed by atoms with E-state index in [2.05, 4.69) is 45.1 Å². The zero-order valence-corrected chi connectivity index (χ0v) is 53.0. The van der Waals surface area contributed by atoms with E-state index < -0.39 is 6.10 Å². The van der Waals surface area contributed by atoms with Crippen molar-refractivity contribution in [3.05, 3.63) is 24.3 Å². The van der Waals surface area contributed by atoms with E-state index in [1.54, 1.807) is 0 Å². The summed E-state index contributed by atoms with van der Waals surface area (Å²) < 4.78 is 17.0. The third-order valence-corrected chi connectivity index (χ3v) is 16.2. The van der Waals surface area contributed by atoms with Gasteiger partial charge in [0.25, 0.3) is 0 Å². The van der Waals surface area contributed by atoms with Crippen LogP contribution in [0, 0.1) is 0 Å². The Balaban J connectivity index is 4.22. The molecule has 0 saturated carbocycles. The monoisotopic (exact) mass is 1100 g/mol. The highest BCUT2D eigenvalue weighted by molar-refractivity contribution is 5.71. The van der Waals surface area contributed by atoms with Crippen LogP contribution in [0.5, 0.6) is 0 Å². The number of carbonyl (C=O) groups excluding carboxylic acids is 3. The van der Waals surface area contributed by atoms with Crippen molar-refractivity contribution < 1.29 is 28.6 Å². The largest absolute Gasteiger partial charge is 0.462 e. The second kappa shape index (κ2) is 67.4. The maximum Gasteiger partial charge on any atom is 0.306 e. The summed E-state index contributed by atoms with van der Waals surface area (Å²) >= 11 is 0. The Morgan fingerprint density at radius 2 is 0.462 bits per heavy atom. The standard InChI is InChI=1S/C72H136O6/c1-4-7-10-13-16-19-22-25-28-30-32-33-34-35-36-37-38-39-40-42-44-47-50-53-56-59-62-65-71(74)77-68-69(67-76-70(73)64-61-58-55-52-49-46-43-27-24-21-18-15-12-9-6-3)78-72(75)66-63-60-57-54-51-48-45-41-31-29-26-23-20-17-14-11-8-5-2/h20,23,29,31,69H,4-19,21-22,24-28,30,32-68H2,1-3H3/b23-20-,31-29-. The molecule has 6 nitrogen and oxygen atoms in total. The van der Waals surface area contributed by atoms with Crippen molar-refractivity contribution in [3.8, 4) is 0 Å². The molecular formula is C72H136O6. The van der Waals surface area contributed by atoms with Gasteiger partial charge in [-0.05, 0) is 51.4 Å². The number of hydrogen-bond donors (Lipinski definition) is 0. The van der Waals surface area contributed by atoms with Gasteiger partial charge in [0.1, 0.15) is 13.2 Å². The van der Waals surface area contributed by atoms with Crippen LogP contribution >= 0.6 is 0 Å². The normalized spacial score (nSPS) is 12.1. The Morgan fingerprint density at radius 3 is 0.718 bits per heavy atom. The SMILES string of the molecule is CCCCCC/C=C\C/C=C\CCCCCCCCCC(=O)OC(COC(=O)CCCCCCCCCCCCCCCCC)COC(=O)CCCCCCCCCCCCCCCCCCCCCCCCCCCCC. The van der Waals surface area contributed by atoms with Crippen molar-refractivity contribution in [1.82, 2.24) is 0 Å². The summed E-state index contributed by atoms with van der Waals surface area (Å²) in [6.45, 7) is 6.70. The molecule has 0 spiro atoms. The summed E-state index contributed by atoms with van der Waals surface area (Å²) in [5.74, 6) is -0.843. The van der Waals surface area contributed by atoms with Crippen LogP contribution in [-0.4, -0.2) is 37.2 Å². The summed E-state index contributed by atoms with van der Waals surface area (Å²) in [7, 11) is 0. The van der Waals surface area contributed by atoms with Gasteiger partial charge in [0.2, 0.25) is 0 Å². The van der Waals surface area contributed by atoms with Gasteiger partial charge in [0.15, 0.2) is 6.10 Å². The van der Waals surface area contributed by atoms with Crippen molar-refractivity contribution in [1.29, 1.82) is 0 Å². The summed E-state index contributed by atoms with van der Waals surface area (Å²) in [4.78, 5) is 38.4. The molecule has 0 rings (SSSR count). The quantitative estimate of drug-likeness (QED) is 0.0261. The van der Waals surface area contributed by atoms with Gasteiger partial charge in [-0.15, -0.1) is 0 Å². The van der Waals surface area contributed by atoms with E-state index in [1.165, 1.54) is 289 Å². The lowest BCUT2D eigenvalue weighted by molar-refractivity contribution is -0.167. The Kier molecular flexibility index (Phi) is 65.6. The maximum absolute atomic E-state index is 12.9. The summed E-state index contributed by atoms with van der Waals surface area (Å²) in [5, 5.41) is 0. The van der Waals surface area contributed by atoms with Crippen molar-refractivity contribution in [2.24, 2.45) is 0 Å². The fourth-order valence-corrected chi connectivity index (χ4v) is 10.9. The minimum atomic E-state index is -0.772. The van der Waals surface area contributed by atoms with E-state index >= 15 is 0 Å². The molecule has 0 heterocycles. The zero-order valence-electron chi connectivity index (χ0n) is 53.0. The van der Waals surface area contributed by atoms with Gasteiger partial charge in [-0.3, -0.25) is 14.4 Å². The van der Waals surface area contributed by atoms with Crippen molar-refractivity contribution in [2.75, 3.05) is 13.2 Å². The molecule has 0 bridgehead atoms. The Bertz CT molecular complexity index is 1260. The number of carbonyl (C=O) groups is 3. The molecule has 6 heteroatoms. The number of rotatable bonds is 66. The average molecular weight is 1100 g/mol. The van der Waals surface area contributed by atoms with Crippen LogP contribution in [0.4, 0.5) is 0 Å². The second-order valence-electron chi connectivity index (χ2n) is 24.2. The molecule has 0 amide bonds. The van der Waals surface area contributed by atoms with E-state index in [-0.39, 0.29) is 31.1 Å². The van der Waals surface area contributed by atoms with Crippen LogP contribution in [-0.2, 0) is 28.6 Å². The number of hydrogen-bond acceptors (Lipinski definition) is 6. The lowest BCUT2D eigenvalue weighted by Crippen LogP contribution is -2.30. The van der Waals surface area contributed by atoms with Crippen LogP contribution in [0.25, 0.3) is 0 Å². The zero-order chi connectivity index (χ0) is 56.4. The molecule has 460 valence electrons. The number of ether oxygens (including phenoxy) is 3. The molecule has 0 aliphatic rings. The van der Waals surface area contributed by atoms with Gasteiger partial charge in [-0.2, -0.15) is 0 Å². The molecule has 0 aliphatic carbocycles. The Hall–Kier alpha value is -2.11. The van der Waals surface area contributed by atoms with E-state index in [4.69, 9.17) is 14.2 Å². The van der Waals surface area contributed by atoms with Crippen molar-refractivity contribution >= 4 is 17.9 Å². The van der Waals surface area contributed by atoms with E-state index in [0.717, 1.165) is 70.6 Å².